The second-order valence-corrected chi connectivity index (χ2v) is 3.65. The Morgan fingerprint density at radius 3 is 2.07 bits per heavy atom. The quantitative estimate of drug-likeness (QED) is 0.505. The molecular weight excluding hydrogens is 186 g/mol. The highest BCUT2D eigenvalue weighted by Gasteiger charge is 2.46. The number of hydrogen-bond acceptors (Lipinski definition) is 5. The first-order valence-electron chi connectivity index (χ1n) is 4.69. The third-order valence-electron chi connectivity index (χ3n) is 2.51. The lowest BCUT2D eigenvalue weighted by molar-refractivity contribution is -0.346. The molecule has 14 heavy (non-hydrogen) atoms. The number of methoxy groups -OCH3 is 1. The molecule has 3 N–H and O–H groups in total. The van der Waals surface area contributed by atoms with Crippen LogP contribution in [0.3, 0.4) is 0 Å². The molecule has 0 unspecified atom stereocenters. The van der Waals surface area contributed by atoms with Crippen LogP contribution in [0.1, 0.15) is 20.8 Å². The summed E-state index contributed by atoms with van der Waals surface area (Å²) in [5.41, 5.74) is -1.11. The number of ether oxygens (including phenoxy) is 1. The fourth-order valence-corrected chi connectivity index (χ4v) is 1.17. The molecule has 0 saturated heterocycles. The van der Waals surface area contributed by atoms with E-state index in [9.17, 15) is 10.2 Å². The van der Waals surface area contributed by atoms with Crippen LogP contribution < -0.4 is 0 Å². The highest BCUT2D eigenvalue weighted by Crippen LogP contribution is 2.26. The van der Waals surface area contributed by atoms with Crippen molar-refractivity contribution in [3.63, 3.8) is 0 Å². The van der Waals surface area contributed by atoms with Crippen molar-refractivity contribution in [2.45, 2.75) is 32.3 Å². The van der Waals surface area contributed by atoms with Crippen LogP contribution in [0, 0.1) is 0 Å². The van der Waals surface area contributed by atoms with E-state index in [4.69, 9.17) is 9.84 Å². The molecule has 86 valence electrons. The predicted molar refractivity (Wildman–Crippen MR) is 52.6 cm³/mol. The van der Waals surface area contributed by atoms with Gasteiger partial charge in [-0.05, 0) is 13.8 Å². The number of nitrogens with zero attached hydrogens (tertiary/aromatic N) is 1. The van der Waals surface area contributed by atoms with Crippen molar-refractivity contribution >= 4 is 0 Å². The minimum atomic E-state index is -2.08. The van der Waals surface area contributed by atoms with Crippen molar-refractivity contribution in [2.75, 3.05) is 26.8 Å². The van der Waals surface area contributed by atoms with Gasteiger partial charge in [-0.1, -0.05) is 6.92 Å². The molecular formula is C9H21NO4. The Balaban J connectivity index is 4.70. The van der Waals surface area contributed by atoms with E-state index in [1.54, 1.807) is 20.8 Å². The van der Waals surface area contributed by atoms with Crippen LogP contribution in [0.5, 0.6) is 0 Å². The van der Waals surface area contributed by atoms with E-state index >= 15 is 0 Å². The van der Waals surface area contributed by atoms with Crippen LogP contribution in [0.25, 0.3) is 0 Å². The topological polar surface area (TPSA) is 73.2 Å². The molecule has 0 fully saturated rings. The SMILES string of the molecule is CCN(CCO)C(O)(O)C(C)(C)OC. The summed E-state index contributed by atoms with van der Waals surface area (Å²) >= 11 is 0. The zero-order chi connectivity index (χ0) is 11.4. The van der Waals surface area contributed by atoms with Gasteiger partial charge in [-0.3, -0.25) is 0 Å². The Labute approximate surface area is 84.9 Å². The number of rotatable bonds is 6. The summed E-state index contributed by atoms with van der Waals surface area (Å²) in [4.78, 5) is 1.34. The first-order chi connectivity index (χ1) is 6.33. The number of hydrogen-bond donors (Lipinski definition) is 3. The Hall–Kier alpha value is -0.200. The summed E-state index contributed by atoms with van der Waals surface area (Å²) < 4.78 is 5.01. The summed E-state index contributed by atoms with van der Waals surface area (Å²) in [6, 6.07) is 0. The average Bonchev–Trinajstić information content (AvgIpc) is 2.13. The summed E-state index contributed by atoms with van der Waals surface area (Å²) in [6.07, 6.45) is 0. The second-order valence-electron chi connectivity index (χ2n) is 3.65. The van der Waals surface area contributed by atoms with Crippen LogP contribution in [-0.2, 0) is 4.74 Å². The first kappa shape index (κ1) is 13.8. The predicted octanol–water partition coefficient (Wildman–Crippen LogP) is -0.636. The molecule has 0 bridgehead atoms. The van der Waals surface area contributed by atoms with Crippen LogP contribution in [-0.4, -0.2) is 58.5 Å². The minimum Gasteiger partial charge on any atom is -0.395 e. The van der Waals surface area contributed by atoms with E-state index in [1.165, 1.54) is 12.0 Å². The summed E-state index contributed by atoms with van der Waals surface area (Å²) in [5.74, 6) is -2.08. The van der Waals surface area contributed by atoms with E-state index < -0.39 is 11.5 Å². The van der Waals surface area contributed by atoms with Gasteiger partial charge in [0.15, 0.2) is 0 Å². The lowest BCUT2D eigenvalue weighted by atomic mass is 10.0. The van der Waals surface area contributed by atoms with Crippen molar-refractivity contribution in [3.05, 3.63) is 0 Å². The molecule has 0 aromatic heterocycles. The maximum Gasteiger partial charge on any atom is 0.255 e. The fraction of sp³-hybridized carbons (Fsp3) is 1.00. The van der Waals surface area contributed by atoms with Gasteiger partial charge in [-0.25, -0.2) is 4.90 Å². The first-order valence-corrected chi connectivity index (χ1v) is 4.69. The zero-order valence-electron chi connectivity index (χ0n) is 9.32. The van der Waals surface area contributed by atoms with Crippen molar-refractivity contribution < 1.29 is 20.1 Å². The summed E-state index contributed by atoms with van der Waals surface area (Å²) in [5, 5.41) is 28.5. The van der Waals surface area contributed by atoms with Gasteiger partial charge >= 0.3 is 0 Å². The van der Waals surface area contributed by atoms with E-state index in [1.807, 2.05) is 0 Å². The monoisotopic (exact) mass is 207 g/mol. The van der Waals surface area contributed by atoms with Crippen LogP contribution in [0.15, 0.2) is 0 Å². The highest BCUT2D eigenvalue weighted by atomic mass is 16.6. The lowest BCUT2D eigenvalue weighted by Crippen LogP contribution is -2.63. The van der Waals surface area contributed by atoms with Crippen molar-refractivity contribution in [1.82, 2.24) is 4.90 Å². The Morgan fingerprint density at radius 1 is 1.29 bits per heavy atom. The van der Waals surface area contributed by atoms with E-state index in [2.05, 4.69) is 0 Å². The third kappa shape index (κ3) is 2.65. The molecule has 0 aliphatic rings. The largest absolute Gasteiger partial charge is 0.395 e. The van der Waals surface area contributed by atoms with Crippen LogP contribution >= 0.6 is 0 Å². The smallest absolute Gasteiger partial charge is 0.255 e. The number of likely N-dealkylation sites (N-methyl/N-ethyl adjacent to an activating group) is 1. The van der Waals surface area contributed by atoms with Gasteiger partial charge in [0.1, 0.15) is 5.60 Å². The maximum atomic E-state index is 9.88. The second kappa shape index (κ2) is 5.04. The van der Waals surface area contributed by atoms with Crippen molar-refractivity contribution in [3.8, 4) is 0 Å². The van der Waals surface area contributed by atoms with Gasteiger partial charge in [0.2, 0.25) is 0 Å². The highest BCUT2D eigenvalue weighted by molar-refractivity contribution is 4.85. The van der Waals surface area contributed by atoms with Gasteiger partial charge in [-0.15, -0.1) is 0 Å². The molecule has 0 aliphatic heterocycles. The Kier molecular flexibility index (Phi) is 4.97. The summed E-state index contributed by atoms with van der Waals surface area (Å²) in [6.45, 7) is 5.41. The molecule has 5 nitrogen and oxygen atoms in total. The zero-order valence-corrected chi connectivity index (χ0v) is 9.32. The fourth-order valence-electron chi connectivity index (χ4n) is 1.17. The van der Waals surface area contributed by atoms with Crippen molar-refractivity contribution in [1.29, 1.82) is 0 Å². The Bertz CT molecular complexity index is 170. The molecule has 0 atom stereocenters. The lowest BCUT2D eigenvalue weighted by Gasteiger charge is -2.43. The Morgan fingerprint density at radius 2 is 1.79 bits per heavy atom. The van der Waals surface area contributed by atoms with Gasteiger partial charge in [-0.2, -0.15) is 0 Å². The molecule has 0 aliphatic carbocycles. The molecule has 0 saturated carbocycles. The number of aliphatic hydroxyl groups excluding tert-OH is 1. The molecule has 0 amide bonds. The van der Waals surface area contributed by atoms with Crippen molar-refractivity contribution in [2.24, 2.45) is 0 Å². The molecule has 0 spiro atoms. The molecule has 0 heterocycles. The van der Waals surface area contributed by atoms with Gasteiger partial charge in [0.25, 0.3) is 5.91 Å². The summed E-state index contributed by atoms with van der Waals surface area (Å²) in [7, 11) is 1.41. The van der Waals surface area contributed by atoms with Crippen LogP contribution in [0.2, 0.25) is 0 Å². The number of aliphatic hydroxyl groups is 3. The van der Waals surface area contributed by atoms with Gasteiger partial charge in [0.05, 0.1) is 6.61 Å². The third-order valence-corrected chi connectivity index (χ3v) is 2.51. The molecule has 0 radical (unpaired) electrons. The molecule has 0 aromatic carbocycles. The maximum absolute atomic E-state index is 9.88. The standard InChI is InChI=1S/C9H21NO4/c1-5-10(6-7-11)9(12,13)8(2,3)14-4/h11-13H,5-7H2,1-4H3. The minimum absolute atomic E-state index is 0.128. The normalized spacial score (nSPS) is 13.7. The van der Waals surface area contributed by atoms with Crippen LogP contribution in [0.4, 0.5) is 0 Å². The van der Waals surface area contributed by atoms with E-state index in [-0.39, 0.29) is 13.2 Å². The van der Waals surface area contributed by atoms with Gasteiger partial charge in [0, 0.05) is 20.2 Å². The average molecular weight is 207 g/mol. The molecule has 0 aromatic rings. The van der Waals surface area contributed by atoms with Gasteiger partial charge < -0.3 is 20.1 Å². The van der Waals surface area contributed by atoms with E-state index in [0.717, 1.165) is 0 Å². The molecule has 5 heteroatoms. The van der Waals surface area contributed by atoms with E-state index in [0.29, 0.717) is 6.54 Å². The molecule has 0 rings (SSSR count).